The van der Waals surface area contributed by atoms with Crippen LogP contribution in [-0.4, -0.2) is 67.0 Å². The van der Waals surface area contributed by atoms with Crippen LogP contribution >= 0.6 is 24.0 Å². The smallest absolute Gasteiger partial charge is 0.234 e. The number of nitrogens with one attached hydrogen (secondary N) is 2. The maximum Gasteiger partial charge on any atom is 0.234 e. The minimum absolute atomic E-state index is 0. The van der Waals surface area contributed by atoms with Crippen molar-refractivity contribution in [3.63, 3.8) is 0 Å². The zero-order chi connectivity index (χ0) is 19.1. The fourth-order valence-corrected chi connectivity index (χ4v) is 3.15. The molecule has 1 saturated carbocycles. The highest BCUT2D eigenvalue weighted by Crippen LogP contribution is 2.18. The third-order valence-corrected chi connectivity index (χ3v) is 4.78. The summed E-state index contributed by atoms with van der Waals surface area (Å²) in [5, 5.41) is 15.4. The van der Waals surface area contributed by atoms with Crippen LogP contribution in [0.4, 0.5) is 0 Å². The second kappa shape index (κ2) is 11.2. The summed E-state index contributed by atoms with van der Waals surface area (Å²) in [7, 11) is 0. The second-order valence-corrected chi connectivity index (χ2v) is 7.09. The van der Waals surface area contributed by atoms with E-state index in [1.54, 1.807) is 6.07 Å². The normalized spacial score (nSPS) is 17.4. The molecule has 8 heteroatoms. The molecule has 2 aliphatic rings. The maximum absolute atomic E-state index is 12.0. The Balaban J connectivity index is 0.00000280. The number of benzene rings is 1. The number of nitriles is 1. The molecular formula is C20H29IN6O. The largest absolute Gasteiger partial charge is 0.357 e. The SMILES string of the molecule is CCNC(=NCc1cccc(C#N)c1)N1CCN(CC(=O)NC2CC2)CC1.I. The molecule has 28 heavy (non-hydrogen) atoms. The average Bonchev–Trinajstić information content (AvgIpc) is 3.50. The van der Waals surface area contributed by atoms with Crippen LogP contribution in [0.3, 0.4) is 0 Å². The number of nitrogens with zero attached hydrogens (tertiary/aromatic N) is 4. The molecule has 2 fully saturated rings. The third-order valence-electron chi connectivity index (χ3n) is 4.78. The summed E-state index contributed by atoms with van der Waals surface area (Å²) in [5.74, 6) is 1.03. The van der Waals surface area contributed by atoms with Crippen LogP contribution in [0.25, 0.3) is 0 Å². The van der Waals surface area contributed by atoms with Crippen LogP contribution in [0, 0.1) is 11.3 Å². The first-order valence-electron chi connectivity index (χ1n) is 9.72. The Morgan fingerprint density at radius 2 is 2.04 bits per heavy atom. The Morgan fingerprint density at radius 3 is 2.68 bits per heavy atom. The van der Waals surface area contributed by atoms with Crippen molar-refractivity contribution in [3.8, 4) is 6.07 Å². The van der Waals surface area contributed by atoms with Crippen LogP contribution in [0.5, 0.6) is 0 Å². The highest BCUT2D eigenvalue weighted by Gasteiger charge is 2.25. The van der Waals surface area contributed by atoms with E-state index in [9.17, 15) is 4.79 Å². The lowest BCUT2D eigenvalue weighted by Crippen LogP contribution is -2.54. The number of rotatable bonds is 6. The molecule has 1 saturated heterocycles. The summed E-state index contributed by atoms with van der Waals surface area (Å²) in [4.78, 5) is 21.2. The van der Waals surface area contributed by atoms with Crippen LogP contribution in [-0.2, 0) is 11.3 Å². The number of carbonyl (C=O) groups is 1. The summed E-state index contributed by atoms with van der Waals surface area (Å²) in [6.45, 7) is 7.30. The highest BCUT2D eigenvalue weighted by atomic mass is 127. The van der Waals surface area contributed by atoms with Crippen LogP contribution in [0.1, 0.15) is 30.9 Å². The van der Waals surface area contributed by atoms with E-state index in [2.05, 4.69) is 33.4 Å². The summed E-state index contributed by atoms with van der Waals surface area (Å²) in [6.07, 6.45) is 2.25. The molecule has 0 atom stereocenters. The molecular weight excluding hydrogens is 467 g/mol. The highest BCUT2D eigenvalue weighted by molar-refractivity contribution is 14.0. The summed E-state index contributed by atoms with van der Waals surface area (Å²) in [5.41, 5.74) is 1.69. The lowest BCUT2D eigenvalue weighted by Gasteiger charge is -2.36. The Kier molecular flexibility index (Phi) is 8.99. The van der Waals surface area contributed by atoms with Gasteiger partial charge in [0.25, 0.3) is 0 Å². The Labute approximate surface area is 184 Å². The monoisotopic (exact) mass is 496 g/mol. The van der Waals surface area contributed by atoms with Gasteiger partial charge in [0.2, 0.25) is 5.91 Å². The molecule has 0 spiro atoms. The van der Waals surface area contributed by atoms with Crippen molar-refractivity contribution in [1.82, 2.24) is 20.4 Å². The van der Waals surface area contributed by atoms with E-state index in [1.807, 2.05) is 18.2 Å². The van der Waals surface area contributed by atoms with Gasteiger partial charge in [0.05, 0.1) is 24.7 Å². The quantitative estimate of drug-likeness (QED) is 0.355. The lowest BCUT2D eigenvalue weighted by atomic mass is 10.1. The van der Waals surface area contributed by atoms with Crippen molar-refractivity contribution in [2.45, 2.75) is 32.4 Å². The molecule has 0 radical (unpaired) electrons. The number of carbonyl (C=O) groups excluding carboxylic acids is 1. The molecule has 0 bridgehead atoms. The Hall–Kier alpha value is -1.86. The zero-order valence-corrected chi connectivity index (χ0v) is 18.7. The number of piperazine rings is 1. The number of amides is 1. The predicted octanol–water partition coefficient (Wildman–Crippen LogP) is 1.54. The van der Waals surface area contributed by atoms with Gasteiger partial charge in [-0.3, -0.25) is 9.69 Å². The molecule has 1 aromatic carbocycles. The first kappa shape index (κ1) is 22.4. The van der Waals surface area contributed by atoms with Gasteiger partial charge >= 0.3 is 0 Å². The number of hydrogen-bond donors (Lipinski definition) is 2. The number of aliphatic imine (C=N–C) groups is 1. The van der Waals surface area contributed by atoms with Crippen LogP contribution < -0.4 is 10.6 Å². The first-order chi connectivity index (χ1) is 13.2. The van der Waals surface area contributed by atoms with Crippen molar-refractivity contribution in [2.75, 3.05) is 39.3 Å². The van der Waals surface area contributed by atoms with E-state index in [1.165, 1.54) is 0 Å². The van der Waals surface area contributed by atoms with E-state index in [0.29, 0.717) is 24.7 Å². The third kappa shape index (κ3) is 6.95. The van der Waals surface area contributed by atoms with Gasteiger partial charge in [-0.1, -0.05) is 12.1 Å². The molecule has 3 rings (SSSR count). The van der Waals surface area contributed by atoms with Crippen LogP contribution in [0.15, 0.2) is 29.3 Å². The van der Waals surface area contributed by atoms with Crippen molar-refractivity contribution in [3.05, 3.63) is 35.4 Å². The molecule has 2 N–H and O–H groups in total. The summed E-state index contributed by atoms with van der Waals surface area (Å²) in [6, 6.07) is 10.2. The van der Waals surface area contributed by atoms with Gasteiger partial charge in [0, 0.05) is 38.8 Å². The van der Waals surface area contributed by atoms with E-state index < -0.39 is 0 Å². The van der Waals surface area contributed by atoms with Gasteiger partial charge < -0.3 is 15.5 Å². The van der Waals surface area contributed by atoms with Crippen molar-refractivity contribution in [1.29, 1.82) is 5.26 Å². The van der Waals surface area contributed by atoms with Gasteiger partial charge in [-0.2, -0.15) is 5.26 Å². The molecule has 7 nitrogen and oxygen atoms in total. The lowest BCUT2D eigenvalue weighted by molar-refractivity contribution is -0.122. The van der Waals surface area contributed by atoms with Gasteiger partial charge in [0.1, 0.15) is 0 Å². The van der Waals surface area contributed by atoms with Crippen molar-refractivity contribution >= 4 is 35.8 Å². The Bertz CT molecular complexity index is 720. The van der Waals surface area contributed by atoms with Gasteiger partial charge in [-0.25, -0.2) is 4.99 Å². The van der Waals surface area contributed by atoms with Crippen LogP contribution in [0.2, 0.25) is 0 Å². The minimum atomic E-state index is 0. The molecule has 1 heterocycles. The van der Waals surface area contributed by atoms with Gasteiger partial charge in [-0.05, 0) is 37.5 Å². The second-order valence-electron chi connectivity index (χ2n) is 7.09. The van der Waals surface area contributed by atoms with Gasteiger partial charge in [0.15, 0.2) is 5.96 Å². The molecule has 1 aliphatic carbocycles. The molecule has 1 aromatic rings. The molecule has 1 aliphatic heterocycles. The average molecular weight is 496 g/mol. The predicted molar refractivity (Wildman–Crippen MR) is 121 cm³/mol. The standard InChI is InChI=1S/C20H28N6O.HI/c1-2-22-20(23-14-17-5-3-4-16(12-17)13-21)26-10-8-25(9-11-26)15-19(27)24-18-6-7-18;/h3-5,12,18H,2,6-11,14-15H2,1H3,(H,22,23)(H,24,27);1H. The number of halogens is 1. The molecule has 152 valence electrons. The molecule has 0 aromatic heterocycles. The maximum atomic E-state index is 12.0. The van der Waals surface area contributed by atoms with Crippen molar-refractivity contribution in [2.24, 2.45) is 4.99 Å². The number of hydrogen-bond acceptors (Lipinski definition) is 4. The minimum Gasteiger partial charge on any atom is -0.357 e. The fraction of sp³-hybridized carbons (Fsp3) is 0.550. The van der Waals surface area contributed by atoms with E-state index in [-0.39, 0.29) is 29.9 Å². The zero-order valence-electron chi connectivity index (χ0n) is 16.4. The van der Waals surface area contributed by atoms with Crippen molar-refractivity contribution < 1.29 is 4.79 Å². The summed E-state index contributed by atoms with van der Waals surface area (Å²) < 4.78 is 0. The summed E-state index contributed by atoms with van der Waals surface area (Å²) >= 11 is 0. The van der Waals surface area contributed by atoms with E-state index in [4.69, 9.17) is 10.3 Å². The molecule has 1 amide bonds. The van der Waals surface area contributed by atoms with Gasteiger partial charge in [-0.15, -0.1) is 24.0 Å². The Morgan fingerprint density at radius 1 is 1.29 bits per heavy atom. The van der Waals surface area contributed by atoms with E-state index in [0.717, 1.165) is 57.1 Å². The topological polar surface area (TPSA) is 83.8 Å². The van der Waals surface area contributed by atoms with E-state index >= 15 is 0 Å². The first-order valence-corrected chi connectivity index (χ1v) is 9.72. The number of guanidine groups is 1. The fourth-order valence-electron chi connectivity index (χ4n) is 3.15. The molecule has 0 unspecified atom stereocenters.